The van der Waals surface area contributed by atoms with E-state index in [0.717, 1.165) is 37.8 Å². The van der Waals surface area contributed by atoms with E-state index in [0.29, 0.717) is 16.9 Å². The monoisotopic (exact) mass is 821 g/mol. The van der Waals surface area contributed by atoms with Crippen molar-refractivity contribution in [1.82, 2.24) is 24.3 Å². The van der Waals surface area contributed by atoms with Gasteiger partial charge in [0, 0.05) is 58.3 Å². The molecule has 2 amide bonds. The molecule has 1 aromatic carbocycles. The minimum absolute atomic E-state index is 0.0556. The highest BCUT2D eigenvalue weighted by atomic mass is 32.2. The second kappa shape index (κ2) is 18.0. The van der Waals surface area contributed by atoms with E-state index in [2.05, 4.69) is 14.9 Å². The Hall–Kier alpha value is -5.16. The lowest BCUT2D eigenvalue weighted by Crippen LogP contribution is -2.61. The number of carboxylic acids is 1. The zero-order chi connectivity index (χ0) is 41.8. The van der Waals surface area contributed by atoms with E-state index in [1.807, 2.05) is 7.05 Å². The van der Waals surface area contributed by atoms with E-state index in [9.17, 15) is 53.3 Å². The van der Waals surface area contributed by atoms with Crippen LogP contribution >= 0.6 is 0 Å². The van der Waals surface area contributed by atoms with Gasteiger partial charge in [0.2, 0.25) is 6.29 Å². The van der Waals surface area contributed by atoms with Gasteiger partial charge in [-0.05, 0) is 49.3 Å². The lowest BCUT2D eigenvalue weighted by atomic mass is 9.86. The molecule has 1 saturated carbocycles. The number of nitro benzene ring substituents is 1. The van der Waals surface area contributed by atoms with Crippen LogP contribution in [0.15, 0.2) is 36.8 Å². The minimum atomic E-state index is -3.04. The quantitative estimate of drug-likeness (QED) is 0.131. The van der Waals surface area contributed by atoms with Crippen molar-refractivity contribution < 1.29 is 62.4 Å². The number of aliphatic hydroxyl groups is 3. The van der Waals surface area contributed by atoms with Crippen molar-refractivity contribution in [2.24, 2.45) is 5.92 Å². The molecule has 2 aromatic heterocycles. The molecule has 21 nitrogen and oxygen atoms in total. The molecule has 0 spiro atoms. The number of carbonyl (C=O) groups excluding carboxylic acids is 2. The summed E-state index contributed by atoms with van der Waals surface area (Å²) in [5.41, 5.74) is -0.0759. The third kappa shape index (κ3) is 9.87. The molecule has 1 aliphatic carbocycles. The van der Waals surface area contributed by atoms with Crippen LogP contribution in [0.4, 0.5) is 21.1 Å². The van der Waals surface area contributed by atoms with Gasteiger partial charge in [0.25, 0.3) is 0 Å². The highest BCUT2D eigenvalue weighted by Gasteiger charge is 2.48. The summed E-state index contributed by atoms with van der Waals surface area (Å²) in [6.45, 7) is 1.42. The van der Waals surface area contributed by atoms with Crippen LogP contribution in [0.3, 0.4) is 0 Å². The van der Waals surface area contributed by atoms with Gasteiger partial charge in [-0.25, -0.2) is 32.8 Å². The average Bonchev–Trinajstić information content (AvgIpc) is 3.63. The van der Waals surface area contributed by atoms with Gasteiger partial charge in [-0.3, -0.25) is 14.7 Å². The number of nitrogens with zero attached hydrogens (tertiary/aromatic N) is 7. The van der Waals surface area contributed by atoms with Gasteiger partial charge in [0.1, 0.15) is 46.9 Å². The summed E-state index contributed by atoms with van der Waals surface area (Å²) in [5.74, 6) is -0.977. The fourth-order valence-corrected chi connectivity index (χ4v) is 8.11. The summed E-state index contributed by atoms with van der Waals surface area (Å²) in [4.78, 5) is 62.2. The van der Waals surface area contributed by atoms with Crippen molar-refractivity contribution in [1.29, 1.82) is 0 Å². The van der Waals surface area contributed by atoms with E-state index >= 15 is 0 Å². The van der Waals surface area contributed by atoms with Gasteiger partial charge in [0.05, 0.1) is 16.1 Å². The fraction of sp³-hybridized carbons (Fsp3) is 0.571. The molecule has 3 aromatic rings. The van der Waals surface area contributed by atoms with Gasteiger partial charge in [-0.15, -0.1) is 0 Å². The number of aliphatic carboxylic acids is 1. The summed E-state index contributed by atoms with van der Waals surface area (Å²) in [5, 5.41) is 51.9. The van der Waals surface area contributed by atoms with Crippen molar-refractivity contribution in [2.45, 2.75) is 76.0 Å². The fourth-order valence-electron chi connectivity index (χ4n) is 6.82. The molecule has 2 fully saturated rings. The van der Waals surface area contributed by atoms with Gasteiger partial charge in [0.15, 0.2) is 17.5 Å². The minimum Gasteiger partial charge on any atom is -0.479 e. The van der Waals surface area contributed by atoms with Crippen LogP contribution in [-0.4, -0.2) is 159 Å². The lowest BCUT2D eigenvalue weighted by Gasteiger charge is -2.38. The molecular formula is C35H47N7O14S. The van der Waals surface area contributed by atoms with Crippen molar-refractivity contribution in [3.05, 3.63) is 52.5 Å². The molecule has 312 valence electrons. The van der Waals surface area contributed by atoms with Crippen LogP contribution in [0.5, 0.6) is 5.75 Å². The summed E-state index contributed by atoms with van der Waals surface area (Å²) in [6, 6.07) is 4.95. The molecule has 0 bridgehead atoms. The van der Waals surface area contributed by atoms with Crippen LogP contribution in [-0.2, 0) is 30.7 Å². The zero-order valence-electron chi connectivity index (χ0n) is 31.8. The molecule has 57 heavy (non-hydrogen) atoms. The van der Waals surface area contributed by atoms with Crippen LogP contribution in [0.25, 0.3) is 11.0 Å². The average molecular weight is 822 g/mol. The lowest BCUT2D eigenvalue weighted by molar-refractivity contribution is -0.387. The third-order valence-corrected chi connectivity index (χ3v) is 12.2. The Balaban J connectivity index is 1.14. The molecule has 2 aliphatic rings. The highest BCUT2D eigenvalue weighted by Crippen LogP contribution is 2.34. The number of rotatable bonds is 14. The molecule has 5 atom stereocenters. The molecule has 3 heterocycles. The first-order chi connectivity index (χ1) is 26.9. The smallest absolute Gasteiger partial charge is 0.409 e. The number of nitro groups is 1. The number of aliphatic hydroxyl groups excluding tert-OH is 3. The summed E-state index contributed by atoms with van der Waals surface area (Å²) >= 11 is 0. The molecule has 0 unspecified atom stereocenters. The molecule has 22 heteroatoms. The summed E-state index contributed by atoms with van der Waals surface area (Å²) in [6.07, 6.45) is -4.36. The Morgan fingerprint density at radius 1 is 1.00 bits per heavy atom. The predicted octanol–water partition coefficient (Wildman–Crippen LogP) is 1.21. The normalized spacial score (nSPS) is 23.7. The summed E-state index contributed by atoms with van der Waals surface area (Å²) < 4.78 is 41.3. The Bertz CT molecular complexity index is 2060. The Morgan fingerprint density at radius 3 is 2.33 bits per heavy atom. The maximum atomic E-state index is 13.5. The van der Waals surface area contributed by atoms with Crippen molar-refractivity contribution in [2.75, 3.05) is 50.6 Å². The van der Waals surface area contributed by atoms with Gasteiger partial charge in [-0.2, -0.15) is 0 Å². The van der Waals surface area contributed by atoms with Crippen LogP contribution in [0, 0.1) is 16.0 Å². The number of hydrogen-bond acceptors (Lipinski definition) is 16. The number of amides is 2. The number of carbonyl (C=O) groups is 3. The number of fused-ring (bicyclic) bond motifs is 1. The second-order valence-corrected chi connectivity index (χ2v) is 16.6. The van der Waals surface area contributed by atoms with E-state index in [4.69, 9.17) is 14.2 Å². The topological polar surface area (TPSA) is 278 Å². The number of likely N-dealkylation sites (N-methyl/N-ethyl adjacent to an activating group) is 2. The molecule has 5 rings (SSSR count). The van der Waals surface area contributed by atoms with Crippen molar-refractivity contribution >= 4 is 50.5 Å². The van der Waals surface area contributed by atoms with E-state index < -0.39 is 81.6 Å². The molecule has 1 saturated heterocycles. The number of sulfone groups is 1. The molecule has 0 radical (unpaired) electrons. The number of benzene rings is 1. The van der Waals surface area contributed by atoms with Crippen LogP contribution < -0.4 is 9.64 Å². The number of aromatic nitrogens is 3. The predicted molar refractivity (Wildman–Crippen MR) is 200 cm³/mol. The van der Waals surface area contributed by atoms with Crippen LogP contribution in [0.2, 0.25) is 0 Å². The Labute approximate surface area is 327 Å². The Kier molecular flexibility index (Phi) is 13.5. The SMILES string of the molecule is CCS(=O)(=O)CC1CCC(N(C)c2ncnc3c2ccn3C(=O)N(C)CCN(C)C(=O)OCc2ccc(O[C@@H]3O[C@H](C(=O)O)[C@@H](O)[C@H](O)[C@H]3O)c([N+](=O)[O-])c2)CC1. The molecule has 4 N–H and O–H groups in total. The third-order valence-electron chi connectivity index (χ3n) is 10.3. The first-order valence-corrected chi connectivity index (χ1v) is 20.0. The van der Waals surface area contributed by atoms with E-state index in [1.165, 1.54) is 33.8 Å². The molecule has 1 aliphatic heterocycles. The number of hydrogen-bond donors (Lipinski definition) is 4. The van der Waals surface area contributed by atoms with Crippen molar-refractivity contribution in [3.63, 3.8) is 0 Å². The highest BCUT2D eigenvalue weighted by molar-refractivity contribution is 7.91. The van der Waals surface area contributed by atoms with E-state index in [-0.39, 0.29) is 42.1 Å². The maximum Gasteiger partial charge on any atom is 0.409 e. The number of carboxylic acid groups (broad SMARTS) is 1. The maximum absolute atomic E-state index is 13.5. The van der Waals surface area contributed by atoms with Crippen molar-refractivity contribution in [3.8, 4) is 5.75 Å². The standard InChI is InChI=1S/C35H47N7O14S/c1-5-57(52,53)18-20-6-9-22(10-7-20)40(4)30-23-12-13-41(31(23)37-19-36-30)34(48)38(2)14-15-39(3)35(49)54-17-21-8-11-25(24(16-21)42(50)51)55-33-28(45)26(43)27(44)29(56-33)32(46)47/h8,11-13,16,19-20,22,26-29,33,43-45H,5-7,9-10,14-15,17-18H2,1-4H3,(H,46,47)/t20?,22?,26-,27-,28+,29-,33+/m0/s1. The largest absolute Gasteiger partial charge is 0.479 e. The zero-order valence-corrected chi connectivity index (χ0v) is 32.6. The second-order valence-electron chi connectivity index (χ2n) is 14.2. The van der Waals surface area contributed by atoms with Gasteiger partial charge < -0.3 is 49.3 Å². The number of anilines is 1. The molecular weight excluding hydrogens is 774 g/mol. The van der Waals surface area contributed by atoms with Crippen LogP contribution in [0.1, 0.15) is 38.2 Å². The van der Waals surface area contributed by atoms with Gasteiger partial charge >= 0.3 is 23.8 Å². The first-order valence-electron chi connectivity index (χ1n) is 18.2. The van der Waals surface area contributed by atoms with Gasteiger partial charge in [-0.1, -0.05) is 13.0 Å². The first kappa shape index (κ1) is 43.0. The summed E-state index contributed by atoms with van der Waals surface area (Å²) in [7, 11) is 1.89. The van der Waals surface area contributed by atoms with E-state index in [1.54, 1.807) is 26.2 Å². The number of ether oxygens (including phenoxy) is 3. The Morgan fingerprint density at radius 2 is 1.68 bits per heavy atom.